The summed E-state index contributed by atoms with van der Waals surface area (Å²) in [5, 5.41) is 11.8. The Morgan fingerprint density at radius 3 is 2.48 bits per heavy atom. The third-order valence-corrected chi connectivity index (χ3v) is 6.10. The summed E-state index contributed by atoms with van der Waals surface area (Å²) in [5.41, 5.74) is 0.0457. The van der Waals surface area contributed by atoms with Crippen LogP contribution in [0.4, 0.5) is 0 Å². The van der Waals surface area contributed by atoms with E-state index in [2.05, 4.69) is 21.9 Å². The van der Waals surface area contributed by atoms with Gasteiger partial charge in [0.25, 0.3) is 0 Å². The largest absolute Gasteiger partial charge is 0.492 e. The maximum Gasteiger partial charge on any atom is 0.134 e. The molecule has 0 saturated carbocycles. The van der Waals surface area contributed by atoms with Crippen molar-refractivity contribution in [1.82, 2.24) is 9.80 Å². The first-order valence-electron chi connectivity index (χ1n) is 11.5. The molecule has 2 saturated heterocycles. The molecule has 0 unspecified atom stereocenters. The standard InChI is InChI=1S/C25H33ClN2O5/c26-22-4-6-23(7-5-22)33-20-25(29)18-28(10-14-31-19-25)17-21-2-1-3-24(16-21)32-15-11-27-8-12-30-13-9-27/h1-7,16,29H,8-15,17-20H2/t25-/m0/s1. The summed E-state index contributed by atoms with van der Waals surface area (Å²) in [4.78, 5) is 4.56. The van der Waals surface area contributed by atoms with Gasteiger partial charge in [-0.1, -0.05) is 23.7 Å². The fraction of sp³-hybridized carbons (Fsp3) is 0.520. The van der Waals surface area contributed by atoms with Gasteiger partial charge in [-0.05, 0) is 42.0 Å². The molecule has 180 valence electrons. The molecule has 0 spiro atoms. The lowest BCUT2D eigenvalue weighted by molar-refractivity contribution is -0.0646. The zero-order valence-electron chi connectivity index (χ0n) is 19.0. The molecule has 2 aromatic rings. The highest BCUT2D eigenvalue weighted by Crippen LogP contribution is 2.21. The fourth-order valence-corrected chi connectivity index (χ4v) is 4.20. The molecule has 1 atom stereocenters. The molecule has 0 bridgehead atoms. The van der Waals surface area contributed by atoms with Crippen LogP contribution in [-0.2, 0) is 16.0 Å². The first kappa shape index (κ1) is 24.3. The van der Waals surface area contributed by atoms with Crippen molar-refractivity contribution in [2.24, 2.45) is 0 Å². The molecule has 0 radical (unpaired) electrons. The monoisotopic (exact) mass is 476 g/mol. The number of aliphatic hydroxyl groups is 1. The Morgan fingerprint density at radius 2 is 1.67 bits per heavy atom. The quantitative estimate of drug-likeness (QED) is 0.597. The molecular weight excluding hydrogens is 444 g/mol. The van der Waals surface area contributed by atoms with E-state index >= 15 is 0 Å². The molecule has 1 N–H and O–H groups in total. The second kappa shape index (κ2) is 12.0. The molecule has 0 amide bonds. The van der Waals surface area contributed by atoms with Crippen LogP contribution in [-0.4, -0.2) is 92.9 Å². The second-order valence-electron chi connectivity index (χ2n) is 8.68. The highest BCUT2D eigenvalue weighted by atomic mass is 35.5. The van der Waals surface area contributed by atoms with E-state index in [4.69, 9.17) is 30.5 Å². The van der Waals surface area contributed by atoms with Crippen LogP contribution in [0, 0.1) is 0 Å². The van der Waals surface area contributed by atoms with Gasteiger partial charge >= 0.3 is 0 Å². The highest BCUT2D eigenvalue weighted by molar-refractivity contribution is 6.30. The van der Waals surface area contributed by atoms with Gasteiger partial charge in [-0.2, -0.15) is 0 Å². The van der Waals surface area contributed by atoms with Crippen LogP contribution in [0.25, 0.3) is 0 Å². The van der Waals surface area contributed by atoms with Gasteiger partial charge in [0.2, 0.25) is 0 Å². The van der Waals surface area contributed by atoms with Gasteiger partial charge in [0.1, 0.15) is 30.3 Å². The van der Waals surface area contributed by atoms with Gasteiger partial charge in [-0.15, -0.1) is 0 Å². The zero-order chi connectivity index (χ0) is 22.9. The van der Waals surface area contributed by atoms with E-state index in [1.165, 1.54) is 0 Å². The molecule has 2 aromatic carbocycles. The average molecular weight is 477 g/mol. The van der Waals surface area contributed by atoms with E-state index in [0.717, 1.165) is 50.7 Å². The Hall–Kier alpha value is -1.87. The van der Waals surface area contributed by atoms with E-state index in [9.17, 15) is 5.11 Å². The summed E-state index contributed by atoms with van der Waals surface area (Å²) in [7, 11) is 0. The predicted molar refractivity (Wildman–Crippen MR) is 127 cm³/mol. The lowest BCUT2D eigenvalue weighted by Gasteiger charge is -2.30. The van der Waals surface area contributed by atoms with Crippen molar-refractivity contribution in [3.8, 4) is 11.5 Å². The van der Waals surface area contributed by atoms with Crippen LogP contribution >= 0.6 is 11.6 Å². The lowest BCUT2D eigenvalue weighted by Crippen LogP contribution is -2.48. The normalized spacial score (nSPS) is 22.6. The van der Waals surface area contributed by atoms with Crippen LogP contribution in [0.1, 0.15) is 5.56 Å². The number of rotatable bonds is 9. The van der Waals surface area contributed by atoms with Crippen LogP contribution in [0.5, 0.6) is 11.5 Å². The third kappa shape index (κ3) is 7.84. The van der Waals surface area contributed by atoms with Gasteiger partial charge in [-0.3, -0.25) is 9.80 Å². The summed E-state index contributed by atoms with van der Waals surface area (Å²) in [6.07, 6.45) is 0. The van der Waals surface area contributed by atoms with Gasteiger partial charge in [-0.25, -0.2) is 0 Å². The molecule has 8 heteroatoms. The van der Waals surface area contributed by atoms with Crippen LogP contribution < -0.4 is 9.47 Å². The zero-order valence-corrected chi connectivity index (χ0v) is 19.7. The first-order chi connectivity index (χ1) is 16.1. The SMILES string of the molecule is O[C@]1(COc2ccc(Cl)cc2)COCCN(Cc2cccc(OCCN3CCOCC3)c2)C1. The summed E-state index contributed by atoms with van der Waals surface area (Å²) < 4.78 is 22.9. The smallest absolute Gasteiger partial charge is 0.134 e. The van der Waals surface area contributed by atoms with E-state index in [1.54, 1.807) is 24.3 Å². The molecule has 7 nitrogen and oxygen atoms in total. The van der Waals surface area contributed by atoms with Gasteiger partial charge in [0.05, 0.1) is 26.4 Å². The number of β-amino-alcohol motifs (C(OH)–C–C–N with tert-alkyl or cyclic N) is 1. The Kier molecular flexibility index (Phi) is 8.83. The van der Waals surface area contributed by atoms with Gasteiger partial charge < -0.3 is 24.1 Å². The number of ether oxygens (including phenoxy) is 4. The van der Waals surface area contributed by atoms with E-state index < -0.39 is 5.60 Å². The maximum atomic E-state index is 11.2. The van der Waals surface area contributed by atoms with Gasteiger partial charge in [0.15, 0.2) is 0 Å². The van der Waals surface area contributed by atoms with Crippen LogP contribution in [0.15, 0.2) is 48.5 Å². The first-order valence-corrected chi connectivity index (χ1v) is 11.9. The average Bonchev–Trinajstić information content (AvgIpc) is 3.01. The Morgan fingerprint density at radius 1 is 0.909 bits per heavy atom. The molecule has 2 heterocycles. The third-order valence-electron chi connectivity index (χ3n) is 5.85. The van der Waals surface area contributed by atoms with Crippen molar-refractivity contribution in [3.63, 3.8) is 0 Å². The summed E-state index contributed by atoms with van der Waals surface area (Å²) >= 11 is 5.93. The number of halogens is 1. The van der Waals surface area contributed by atoms with E-state index in [1.807, 2.05) is 12.1 Å². The van der Waals surface area contributed by atoms with Crippen molar-refractivity contribution in [1.29, 1.82) is 0 Å². The number of nitrogens with zero attached hydrogens (tertiary/aromatic N) is 2. The molecular formula is C25H33ClN2O5. The number of hydrogen-bond acceptors (Lipinski definition) is 7. The molecule has 2 aliphatic rings. The number of morpholine rings is 1. The molecule has 0 aliphatic carbocycles. The molecule has 2 fully saturated rings. The minimum atomic E-state index is -1.09. The number of benzene rings is 2. The second-order valence-corrected chi connectivity index (χ2v) is 9.12. The molecule has 4 rings (SSSR count). The van der Waals surface area contributed by atoms with Gasteiger partial charge in [0, 0.05) is 44.3 Å². The Balaban J connectivity index is 1.28. The topological polar surface area (TPSA) is 63.6 Å². The highest BCUT2D eigenvalue weighted by Gasteiger charge is 2.33. The maximum absolute atomic E-state index is 11.2. The molecule has 2 aliphatic heterocycles. The molecule has 33 heavy (non-hydrogen) atoms. The minimum Gasteiger partial charge on any atom is -0.492 e. The van der Waals surface area contributed by atoms with E-state index in [-0.39, 0.29) is 13.2 Å². The number of hydrogen-bond donors (Lipinski definition) is 1. The minimum absolute atomic E-state index is 0.149. The predicted octanol–water partition coefficient (Wildman–Crippen LogP) is 2.69. The molecule has 0 aromatic heterocycles. The van der Waals surface area contributed by atoms with Crippen molar-refractivity contribution in [2.75, 3.05) is 72.4 Å². The van der Waals surface area contributed by atoms with Crippen molar-refractivity contribution in [3.05, 3.63) is 59.1 Å². The van der Waals surface area contributed by atoms with Crippen molar-refractivity contribution >= 4 is 11.6 Å². The summed E-state index contributed by atoms with van der Waals surface area (Å²) in [6, 6.07) is 15.3. The Labute approximate surface area is 200 Å². The van der Waals surface area contributed by atoms with Crippen molar-refractivity contribution < 1.29 is 24.1 Å². The summed E-state index contributed by atoms with van der Waals surface area (Å²) in [5.74, 6) is 1.54. The lowest BCUT2D eigenvalue weighted by atomic mass is 10.1. The van der Waals surface area contributed by atoms with E-state index in [0.29, 0.717) is 37.1 Å². The Bertz CT molecular complexity index is 862. The van der Waals surface area contributed by atoms with Crippen LogP contribution in [0.3, 0.4) is 0 Å². The van der Waals surface area contributed by atoms with Crippen molar-refractivity contribution in [2.45, 2.75) is 12.1 Å². The van der Waals surface area contributed by atoms with Crippen LogP contribution in [0.2, 0.25) is 5.02 Å². The summed E-state index contributed by atoms with van der Waals surface area (Å²) in [6.45, 7) is 7.94. The fourth-order valence-electron chi connectivity index (χ4n) is 4.08.